The van der Waals surface area contributed by atoms with Crippen molar-refractivity contribution in [1.82, 2.24) is 10.4 Å². The van der Waals surface area contributed by atoms with Gasteiger partial charge in [-0.25, -0.2) is 10.8 Å². The Morgan fingerprint density at radius 2 is 2.27 bits per heavy atom. The minimum atomic E-state index is -0.462. The summed E-state index contributed by atoms with van der Waals surface area (Å²) in [4.78, 5) is 15.3. The molecule has 0 saturated carbocycles. The van der Waals surface area contributed by atoms with Crippen molar-refractivity contribution < 1.29 is 4.79 Å². The zero-order valence-corrected chi connectivity index (χ0v) is 9.30. The van der Waals surface area contributed by atoms with Crippen LogP contribution >= 0.6 is 11.6 Å². The highest BCUT2D eigenvalue weighted by Gasteiger charge is 2.15. The van der Waals surface area contributed by atoms with E-state index in [1.807, 2.05) is 19.3 Å². The third-order valence-electron chi connectivity index (χ3n) is 1.71. The number of carbonyl (C=O) groups is 1. The monoisotopic (exact) mass is 228 g/mol. The van der Waals surface area contributed by atoms with Gasteiger partial charge in [-0.2, -0.15) is 0 Å². The van der Waals surface area contributed by atoms with Gasteiger partial charge in [-0.3, -0.25) is 10.2 Å². The number of nitrogens with one attached hydrogen (secondary N) is 2. The van der Waals surface area contributed by atoms with E-state index in [0.717, 1.165) is 0 Å². The summed E-state index contributed by atoms with van der Waals surface area (Å²) in [5.41, 5.74) is 2.91. The van der Waals surface area contributed by atoms with Crippen LogP contribution in [0.5, 0.6) is 0 Å². The van der Waals surface area contributed by atoms with Gasteiger partial charge in [0.15, 0.2) is 0 Å². The van der Waals surface area contributed by atoms with E-state index in [-0.39, 0.29) is 16.8 Å². The van der Waals surface area contributed by atoms with Crippen molar-refractivity contribution in [1.29, 1.82) is 0 Å². The van der Waals surface area contributed by atoms with Crippen LogP contribution in [-0.2, 0) is 0 Å². The Balaban J connectivity index is 3.14. The number of pyridine rings is 1. The fourth-order valence-electron chi connectivity index (χ4n) is 1.16. The molecule has 15 heavy (non-hydrogen) atoms. The molecule has 1 aromatic rings. The topological polar surface area (TPSA) is 80.0 Å². The second-order valence-electron chi connectivity index (χ2n) is 3.30. The zero-order valence-electron chi connectivity index (χ0n) is 8.54. The van der Waals surface area contributed by atoms with Gasteiger partial charge in [-0.05, 0) is 19.9 Å². The number of nitrogens with two attached hydrogens (primary N) is 1. The molecule has 5 nitrogen and oxygen atoms in total. The first-order valence-electron chi connectivity index (χ1n) is 4.48. The van der Waals surface area contributed by atoms with Gasteiger partial charge in [0.1, 0.15) is 10.7 Å². The number of amides is 1. The average molecular weight is 229 g/mol. The summed E-state index contributed by atoms with van der Waals surface area (Å²) >= 11 is 5.82. The fourth-order valence-corrected chi connectivity index (χ4v) is 1.40. The predicted molar refractivity (Wildman–Crippen MR) is 59.7 cm³/mol. The Hall–Kier alpha value is -1.33. The number of hydrazine groups is 1. The minimum Gasteiger partial charge on any atom is -0.382 e. The number of hydrogen-bond donors (Lipinski definition) is 3. The largest absolute Gasteiger partial charge is 0.382 e. The summed E-state index contributed by atoms with van der Waals surface area (Å²) < 4.78 is 0. The summed E-state index contributed by atoms with van der Waals surface area (Å²) in [6.45, 7) is 3.91. The Labute approximate surface area is 93.0 Å². The molecule has 0 bridgehead atoms. The molecule has 4 N–H and O–H groups in total. The van der Waals surface area contributed by atoms with Crippen LogP contribution in [0.2, 0.25) is 5.15 Å². The van der Waals surface area contributed by atoms with Crippen molar-refractivity contribution in [2.75, 3.05) is 5.32 Å². The molecule has 0 aliphatic heterocycles. The van der Waals surface area contributed by atoms with E-state index in [2.05, 4.69) is 10.3 Å². The lowest BCUT2D eigenvalue weighted by molar-refractivity contribution is 0.0954. The number of carbonyl (C=O) groups excluding carboxylic acids is 1. The van der Waals surface area contributed by atoms with Gasteiger partial charge in [-0.1, -0.05) is 11.6 Å². The Bertz CT molecular complexity index is 367. The lowest BCUT2D eigenvalue weighted by Crippen LogP contribution is -2.31. The van der Waals surface area contributed by atoms with Crippen molar-refractivity contribution >= 4 is 23.2 Å². The maximum absolute atomic E-state index is 11.4. The molecule has 0 aliphatic rings. The lowest BCUT2D eigenvalue weighted by atomic mass is 10.2. The molecule has 0 fully saturated rings. The van der Waals surface area contributed by atoms with E-state index in [0.29, 0.717) is 5.69 Å². The van der Waals surface area contributed by atoms with Gasteiger partial charge in [0.25, 0.3) is 5.91 Å². The van der Waals surface area contributed by atoms with Gasteiger partial charge in [-0.15, -0.1) is 0 Å². The summed E-state index contributed by atoms with van der Waals surface area (Å²) in [5, 5.41) is 3.22. The van der Waals surface area contributed by atoms with Crippen LogP contribution in [0.1, 0.15) is 24.2 Å². The number of hydrogen-bond acceptors (Lipinski definition) is 4. The van der Waals surface area contributed by atoms with Crippen LogP contribution in [0.3, 0.4) is 0 Å². The van der Waals surface area contributed by atoms with Crippen LogP contribution in [0, 0.1) is 0 Å². The number of nitrogens with zero attached hydrogens (tertiary/aromatic N) is 1. The molecule has 1 heterocycles. The average Bonchev–Trinajstić information content (AvgIpc) is 2.16. The van der Waals surface area contributed by atoms with Crippen LogP contribution in [0.25, 0.3) is 0 Å². The highest BCUT2D eigenvalue weighted by atomic mass is 35.5. The first-order valence-corrected chi connectivity index (χ1v) is 4.86. The van der Waals surface area contributed by atoms with Crippen LogP contribution in [0.15, 0.2) is 12.3 Å². The number of halogens is 1. The zero-order chi connectivity index (χ0) is 11.4. The second-order valence-corrected chi connectivity index (χ2v) is 3.65. The summed E-state index contributed by atoms with van der Waals surface area (Å²) in [6.07, 6.45) is 1.53. The van der Waals surface area contributed by atoms with E-state index >= 15 is 0 Å². The summed E-state index contributed by atoms with van der Waals surface area (Å²) in [7, 11) is 0. The molecule has 1 aromatic heterocycles. The van der Waals surface area contributed by atoms with Crippen molar-refractivity contribution in [3.05, 3.63) is 23.0 Å². The summed E-state index contributed by atoms with van der Waals surface area (Å²) in [6, 6.07) is 1.86. The smallest absolute Gasteiger partial charge is 0.270 e. The van der Waals surface area contributed by atoms with Gasteiger partial charge in [0.05, 0.1) is 5.69 Å². The molecule has 6 heteroatoms. The first-order chi connectivity index (χ1) is 7.06. The predicted octanol–water partition coefficient (Wildman–Crippen LogP) is 1.16. The molecule has 0 aliphatic carbocycles. The maximum Gasteiger partial charge on any atom is 0.270 e. The van der Waals surface area contributed by atoms with Crippen molar-refractivity contribution in [3.63, 3.8) is 0 Å². The van der Waals surface area contributed by atoms with E-state index in [4.69, 9.17) is 17.4 Å². The van der Waals surface area contributed by atoms with Crippen LogP contribution < -0.4 is 16.6 Å². The molecule has 0 aromatic carbocycles. The van der Waals surface area contributed by atoms with Crippen LogP contribution in [-0.4, -0.2) is 16.9 Å². The molecule has 0 spiro atoms. The molecular weight excluding hydrogens is 216 g/mol. The first kappa shape index (κ1) is 11.7. The number of rotatable bonds is 3. The van der Waals surface area contributed by atoms with Gasteiger partial charge in [0, 0.05) is 12.2 Å². The highest BCUT2D eigenvalue weighted by molar-refractivity contribution is 6.33. The van der Waals surface area contributed by atoms with Crippen LogP contribution in [0.4, 0.5) is 5.69 Å². The maximum atomic E-state index is 11.4. The molecule has 0 radical (unpaired) electrons. The molecule has 0 unspecified atom stereocenters. The van der Waals surface area contributed by atoms with Gasteiger partial charge in [0.2, 0.25) is 0 Å². The fraction of sp³-hybridized carbons (Fsp3) is 0.333. The van der Waals surface area contributed by atoms with Gasteiger partial charge < -0.3 is 5.32 Å². The molecule has 82 valence electrons. The van der Waals surface area contributed by atoms with Crippen molar-refractivity contribution in [2.45, 2.75) is 19.9 Å². The Kier molecular flexibility index (Phi) is 3.88. The number of aromatic nitrogens is 1. The number of anilines is 1. The molecule has 0 atom stereocenters. The van der Waals surface area contributed by atoms with E-state index in [9.17, 15) is 4.79 Å². The SMILES string of the molecule is CC(C)Nc1ccnc(Cl)c1C(=O)NN. The lowest BCUT2D eigenvalue weighted by Gasteiger charge is -2.14. The van der Waals surface area contributed by atoms with Crippen molar-refractivity contribution in [3.8, 4) is 0 Å². The normalized spacial score (nSPS) is 10.2. The molecule has 0 saturated heterocycles. The molecule has 1 rings (SSSR count). The third-order valence-corrected chi connectivity index (χ3v) is 1.99. The minimum absolute atomic E-state index is 0.128. The third kappa shape index (κ3) is 2.81. The van der Waals surface area contributed by atoms with Crippen molar-refractivity contribution in [2.24, 2.45) is 5.84 Å². The van der Waals surface area contributed by atoms with E-state index < -0.39 is 5.91 Å². The standard InChI is InChI=1S/C9H13ClN4O/c1-5(2)13-6-3-4-12-8(10)7(6)9(15)14-11/h3-5H,11H2,1-2H3,(H,12,13)(H,14,15). The molecule has 1 amide bonds. The highest BCUT2D eigenvalue weighted by Crippen LogP contribution is 2.22. The molecular formula is C9H13ClN4O. The number of nitrogen functional groups attached to an aromatic ring is 1. The van der Waals surface area contributed by atoms with E-state index in [1.54, 1.807) is 6.07 Å². The van der Waals surface area contributed by atoms with Gasteiger partial charge >= 0.3 is 0 Å². The second kappa shape index (κ2) is 4.95. The summed E-state index contributed by atoms with van der Waals surface area (Å²) in [5.74, 6) is 4.60. The Morgan fingerprint density at radius 1 is 1.60 bits per heavy atom. The quantitative estimate of drug-likeness (QED) is 0.314. The van der Waals surface area contributed by atoms with E-state index in [1.165, 1.54) is 6.20 Å². The Morgan fingerprint density at radius 3 is 2.80 bits per heavy atom.